The van der Waals surface area contributed by atoms with Gasteiger partial charge in [0.05, 0.1) is 11.4 Å². The van der Waals surface area contributed by atoms with Gasteiger partial charge in [0.2, 0.25) is 0 Å². The van der Waals surface area contributed by atoms with Crippen LogP contribution in [0.4, 0.5) is 0 Å². The van der Waals surface area contributed by atoms with Crippen LogP contribution in [0, 0.1) is 0 Å². The molecule has 1 aromatic heterocycles. The Balaban J connectivity index is 2.48. The SMILES string of the molecule is Cn1nc(C(C)(C)C)cc1-c1ccccc1. The highest BCUT2D eigenvalue weighted by atomic mass is 15.3. The second-order valence-corrected chi connectivity index (χ2v) is 5.15. The van der Waals surface area contributed by atoms with Gasteiger partial charge in [-0.05, 0) is 11.6 Å². The van der Waals surface area contributed by atoms with Gasteiger partial charge in [0.25, 0.3) is 0 Å². The monoisotopic (exact) mass is 214 g/mol. The molecular weight excluding hydrogens is 196 g/mol. The quantitative estimate of drug-likeness (QED) is 0.711. The number of nitrogens with zero attached hydrogens (tertiary/aromatic N) is 2. The van der Waals surface area contributed by atoms with Crippen molar-refractivity contribution in [1.29, 1.82) is 0 Å². The number of rotatable bonds is 1. The average Bonchev–Trinajstić information content (AvgIpc) is 2.61. The summed E-state index contributed by atoms with van der Waals surface area (Å²) in [6.07, 6.45) is 0. The van der Waals surface area contributed by atoms with Crippen molar-refractivity contribution in [3.8, 4) is 11.3 Å². The molecule has 0 fully saturated rings. The molecule has 0 atom stereocenters. The smallest absolute Gasteiger partial charge is 0.0684 e. The Kier molecular flexibility index (Phi) is 2.58. The summed E-state index contributed by atoms with van der Waals surface area (Å²) < 4.78 is 1.95. The van der Waals surface area contributed by atoms with E-state index in [0.29, 0.717) is 0 Å². The fraction of sp³-hybridized carbons (Fsp3) is 0.357. The molecule has 16 heavy (non-hydrogen) atoms. The Labute approximate surface area is 96.9 Å². The number of aromatic nitrogens is 2. The maximum Gasteiger partial charge on any atom is 0.0684 e. The van der Waals surface area contributed by atoms with Crippen LogP contribution in [0.2, 0.25) is 0 Å². The summed E-state index contributed by atoms with van der Waals surface area (Å²) in [6, 6.07) is 12.5. The van der Waals surface area contributed by atoms with E-state index in [4.69, 9.17) is 0 Å². The maximum absolute atomic E-state index is 4.57. The van der Waals surface area contributed by atoms with E-state index in [9.17, 15) is 0 Å². The number of hydrogen-bond donors (Lipinski definition) is 0. The lowest BCUT2D eigenvalue weighted by atomic mass is 9.92. The third-order valence-electron chi connectivity index (χ3n) is 2.72. The molecule has 2 aromatic rings. The van der Waals surface area contributed by atoms with Gasteiger partial charge in [0.15, 0.2) is 0 Å². The van der Waals surface area contributed by atoms with E-state index in [2.05, 4.69) is 56.2 Å². The third-order valence-corrected chi connectivity index (χ3v) is 2.72. The standard InChI is InChI=1S/C14H18N2/c1-14(2,3)13-10-12(16(4)15-13)11-8-6-5-7-9-11/h5-10H,1-4H3. The summed E-state index contributed by atoms with van der Waals surface area (Å²) in [7, 11) is 2.00. The molecule has 0 unspecified atom stereocenters. The van der Waals surface area contributed by atoms with Crippen LogP contribution in [-0.4, -0.2) is 9.78 Å². The molecule has 0 spiro atoms. The number of benzene rings is 1. The molecule has 0 bridgehead atoms. The van der Waals surface area contributed by atoms with E-state index in [1.165, 1.54) is 11.3 Å². The van der Waals surface area contributed by atoms with E-state index >= 15 is 0 Å². The molecular formula is C14H18N2. The van der Waals surface area contributed by atoms with Gasteiger partial charge in [0.1, 0.15) is 0 Å². The summed E-state index contributed by atoms with van der Waals surface area (Å²) in [6.45, 7) is 6.55. The van der Waals surface area contributed by atoms with Gasteiger partial charge in [0, 0.05) is 12.5 Å². The highest BCUT2D eigenvalue weighted by Crippen LogP contribution is 2.26. The predicted molar refractivity (Wildman–Crippen MR) is 67.3 cm³/mol. The van der Waals surface area contributed by atoms with Gasteiger partial charge in [-0.2, -0.15) is 5.10 Å². The first-order valence-corrected chi connectivity index (χ1v) is 5.58. The largest absolute Gasteiger partial charge is 0.268 e. The normalized spacial score (nSPS) is 11.8. The Bertz CT molecular complexity index is 475. The van der Waals surface area contributed by atoms with Gasteiger partial charge in [-0.25, -0.2) is 0 Å². The van der Waals surface area contributed by atoms with Crippen LogP contribution in [0.25, 0.3) is 11.3 Å². The van der Waals surface area contributed by atoms with Crippen molar-refractivity contribution in [3.63, 3.8) is 0 Å². The highest BCUT2D eigenvalue weighted by Gasteiger charge is 2.19. The van der Waals surface area contributed by atoms with Crippen LogP contribution in [0.5, 0.6) is 0 Å². The van der Waals surface area contributed by atoms with Crippen molar-refractivity contribution in [2.24, 2.45) is 7.05 Å². The first-order chi connectivity index (χ1) is 7.48. The molecule has 0 aliphatic heterocycles. The number of hydrogen-bond acceptors (Lipinski definition) is 1. The van der Waals surface area contributed by atoms with Crippen LogP contribution in [-0.2, 0) is 12.5 Å². The molecule has 0 radical (unpaired) electrons. The highest BCUT2D eigenvalue weighted by molar-refractivity contribution is 5.60. The lowest BCUT2D eigenvalue weighted by Crippen LogP contribution is -2.12. The minimum Gasteiger partial charge on any atom is -0.268 e. The molecule has 1 aromatic carbocycles. The topological polar surface area (TPSA) is 17.8 Å². The minimum absolute atomic E-state index is 0.102. The second kappa shape index (κ2) is 3.78. The number of aryl methyl sites for hydroxylation is 1. The van der Waals surface area contributed by atoms with Gasteiger partial charge in [-0.3, -0.25) is 4.68 Å². The molecule has 0 saturated heterocycles. The van der Waals surface area contributed by atoms with Gasteiger partial charge in [-0.15, -0.1) is 0 Å². The predicted octanol–water partition coefficient (Wildman–Crippen LogP) is 3.38. The molecule has 0 N–H and O–H groups in total. The maximum atomic E-state index is 4.57. The van der Waals surface area contributed by atoms with Gasteiger partial charge < -0.3 is 0 Å². The zero-order valence-corrected chi connectivity index (χ0v) is 10.4. The van der Waals surface area contributed by atoms with E-state index in [-0.39, 0.29) is 5.41 Å². The van der Waals surface area contributed by atoms with Crippen molar-refractivity contribution in [2.75, 3.05) is 0 Å². The summed E-state index contributed by atoms with van der Waals surface area (Å²) in [5.74, 6) is 0. The molecule has 1 heterocycles. The summed E-state index contributed by atoms with van der Waals surface area (Å²) in [4.78, 5) is 0. The zero-order valence-electron chi connectivity index (χ0n) is 10.4. The molecule has 0 aliphatic carbocycles. The van der Waals surface area contributed by atoms with E-state index in [1.807, 2.05) is 17.8 Å². The van der Waals surface area contributed by atoms with Crippen molar-refractivity contribution in [2.45, 2.75) is 26.2 Å². The Morgan fingerprint density at radius 1 is 1.06 bits per heavy atom. The van der Waals surface area contributed by atoms with Crippen molar-refractivity contribution < 1.29 is 0 Å². The van der Waals surface area contributed by atoms with Crippen LogP contribution in [0.15, 0.2) is 36.4 Å². The Morgan fingerprint density at radius 2 is 1.69 bits per heavy atom. The third kappa shape index (κ3) is 2.01. The lowest BCUT2D eigenvalue weighted by molar-refractivity contribution is 0.553. The van der Waals surface area contributed by atoms with Crippen LogP contribution < -0.4 is 0 Å². The lowest BCUT2D eigenvalue weighted by Gasteiger charge is -2.13. The van der Waals surface area contributed by atoms with Crippen molar-refractivity contribution in [1.82, 2.24) is 9.78 Å². The minimum atomic E-state index is 0.102. The Morgan fingerprint density at radius 3 is 2.19 bits per heavy atom. The molecule has 84 valence electrons. The first-order valence-electron chi connectivity index (χ1n) is 5.58. The van der Waals surface area contributed by atoms with Crippen LogP contribution in [0.3, 0.4) is 0 Å². The molecule has 0 saturated carbocycles. The van der Waals surface area contributed by atoms with Gasteiger partial charge >= 0.3 is 0 Å². The molecule has 0 amide bonds. The summed E-state index contributed by atoms with van der Waals surface area (Å²) in [5, 5.41) is 4.57. The van der Waals surface area contributed by atoms with E-state index < -0.39 is 0 Å². The van der Waals surface area contributed by atoms with Crippen LogP contribution in [0.1, 0.15) is 26.5 Å². The summed E-state index contributed by atoms with van der Waals surface area (Å²) in [5.41, 5.74) is 3.62. The van der Waals surface area contributed by atoms with Gasteiger partial charge in [-0.1, -0.05) is 51.1 Å². The summed E-state index contributed by atoms with van der Waals surface area (Å²) >= 11 is 0. The van der Waals surface area contributed by atoms with E-state index in [0.717, 1.165) is 5.69 Å². The average molecular weight is 214 g/mol. The fourth-order valence-corrected chi connectivity index (χ4v) is 1.71. The molecule has 0 aliphatic rings. The van der Waals surface area contributed by atoms with E-state index in [1.54, 1.807) is 0 Å². The zero-order chi connectivity index (χ0) is 11.8. The molecule has 2 rings (SSSR count). The molecule has 2 nitrogen and oxygen atoms in total. The van der Waals surface area contributed by atoms with Crippen molar-refractivity contribution >= 4 is 0 Å². The van der Waals surface area contributed by atoms with Crippen molar-refractivity contribution in [3.05, 3.63) is 42.1 Å². The molecule has 2 heteroatoms. The fourth-order valence-electron chi connectivity index (χ4n) is 1.71. The van der Waals surface area contributed by atoms with Crippen LogP contribution >= 0.6 is 0 Å². The first kappa shape index (κ1) is 10.9. The second-order valence-electron chi connectivity index (χ2n) is 5.15. The Hall–Kier alpha value is -1.57.